The van der Waals surface area contributed by atoms with Crippen LogP contribution in [0.4, 0.5) is 28.4 Å². The van der Waals surface area contributed by atoms with Crippen LogP contribution in [-0.2, 0) is 0 Å². The van der Waals surface area contributed by atoms with Gasteiger partial charge in [0.2, 0.25) is 0 Å². The molecular formula is C36H13N5O10. The van der Waals surface area contributed by atoms with Crippen LogP contribution in [0, 0.1) is 50.6 Å². The molecule has 0 radical (unpaired) electrons. The Hall–Kier alpha value is -7.68. The fraction of sp³-hybridized carbons (Fsp3) is 0. The van der Waals surface area contributed by atoms with Crippen LogP contribution in [0.2, 0.25) is 0 Å². The van der Waals surface area contributed by atoms with Gasteiger partial charge in [-0.25, -0.2) is 0 Å². The van der Waals surface area contributed by atoms with Crippen molar-refractivity contribution in [3.8, 4) is 0 Å². The highest BCUT2D eigenvalue weighted by Gasteiger charge is 2.48. The van der Waals surface area contributed by atoms with Crippen molar-refractivity contribution in [2.24, 2.45) is 0 Å². The first-order valence-corrected chi connectivity index (χ1v) is 15.2. The summed E-state index contributed by atoms with van der Waals surface area (Å²) in [5.41, 5.74) is -6.94. The predicted molar refractivity (Wildman–Crippen MR) is 191 cm³/mol. The summed E-state index contributed by atoms with van der Waals surface area (Å²) >= 11 is 0. The molecule has 0 aliphatic rings. The van der Waals surface area contributed by atoms with Gasteiger partial charge in [0.1, 0.15) is 0 Å². The van der Waals surface area contributed by atoms with E-state index in [-0.39, 0.29) is 16.2 Å². The molecule has 10 aromatic rings. The van der Waals surface area contributed by atoms with Crippen molar-refractivity contribution in [2.75, 3.05) is 0 Å². The molecule has 10 aromatic carbocycles. The van der Waals surface area contributed by atoms with E-state index in [2.05, 4.69) is 0 Å². The molecule has 0 N–H and O–H groups in total. The average molecular weight is 676 g/mol. The summed E-state index contributed by atoms with van der Waals surface area (Å²) < 4.78 is 0. The Morgan fingerprint density at radius 2 is 0.667 bits per heavy atom. The Labute approximate surface area is 279 Å². The van der Waals surface area contributed by atoms with Crippen LogP contribution in [-0.4, -0.2) is 24.6 Å². The molecular weight excluding hydrogens is 662 g/mol. The Morgan fingerprint density at radius 1 is 0.314 bits per heavy atom. The normalized spacial score (nSPS) is 12.3. The van der Waals surface area contributed by atoms with Gasteiger partial charge in [-0.3, -0.25) is 50.6 Å². The lowest BCUT2D eigenvalue weighted by atomic mass is 9.96. The smallest absolute Gasteiger partial charge is 0.258 e. The van der Waals surface area contributed by atoms with Crippen LogP contribution in [0.1, 0.15) is 0 Å². The Morgan fingerprint density at radius 3 is 1.06 bits per heavy atom. The minimum absolute atomic E-state index is 0.0803. The SMILES string of the molecule is O=[N+]([O-])c1cc2c3c(c1[N+](=O)[O-])c([N+](=O)[O-])c([N+](=O)[O-])c([N+](=O)[O-])c3c1c3c4cccc5cccc(c54)c3c3c4cccc5cccc(c54)c3c21. The van der Waals surface area contributed by atoms with Gasteiger partial charge in [0, 0.05) is 16.8 Å². The number of nitro groups is 5. The van der Waals surface area contributed by atoms with Crippen LogP contribution in [0.5, 0.6) is 0 Å². The summed E-state index contributed by atoms with van der Waals surface area (Å²) in [6.07, 6.45) is 0. The van der Waals surface area contributed by atoms with Crippen LogP contribution in [0.3, 0.4) is 0 Å². The second-order valence-electron chi connectivity index (χ2n) is 12.4. The Kier molecular flexibility index (Phi) is 5.03. The van der Waals surface area contributed by atoms with Gasteiger partial charge >= 0.3 is 28.4 Å². The lowest BCUT2D eigenvalue weighted by molar-refractivity contribution is -0.440. The van der Waals surface area contributed by atoms with Gasteiger partial charge in [-0.15, -0.1) is 0 Å². The van der Waals surface area contributed by atoms with E-state index in [9.17, 15) is 50.6 Å². The van der Waals surface area contributed by atoms with Gasteiger partial charge in [0.25, 0.3) is 0 Å². The van der Waals surface area contributed by atoms with Crippen LogP contribution < -0.4 is 0 Å². The number of hydrogen-bond donors (Lipinski definition) is 0. The maximum Gasteiger partial charge on any atom is 0.423 e. The molecule has 15 nitrogen and oxygen atoms in total. The second-order valence-corrected chi connectivity index (χ2v) is 12.4. The third kappa shape index (κ3) is 3.13. The largest absolute Gasteiger partial charge is 0.423 e. The van der Waals surface area contributed by atoms with Gasteiger partial charge in [-0.05, 0) is 75.4 Å². The zero-order chi connectivity index (χ0) is 35.4. The Bertz CT molecular complexity index is 3350. The van der Waals surface area contributed by atoms with E-state index in [4.69, 9.17) is 0 Å². The molecule has 0 aliphatic heterocycles. The van der Waals surface area contributed by atoms with Gasteiger partial charge in [0.05, 0.1) is 30.0 Å². The predicted octanol–water partition coefficient (Wildman–Crippen LogP) is 9.92. The maximum atomic E-state index is 13.1. The van der Waals surface area contributed by atoms with Crippen molar-refractivity contribution in [1.29, 1.82) is 0 Å². The molecule has 0 fully saturated rings. The van der Waals surface area contributed by atoms with E-state index < -0.39 is 69.2 Å². The first-order valence-electron chi connectivity index (χ1n) is 15.2. The molecule has 0 unspecified atom stereocenters. The highest BCUT2D eigenvalue weighted by Crippen LogP contribution is 2.61. The summed E-state index contributed by atoms with van der Waals surface area (Å²) in [6.45, 7) is 0. The third-order valence-electron chi connectivity index (χ3n) is 10.3. The number of hydrogen-bond acceptors (Lipinski definition) is 10. The van der Waals surface area contributed by atoms with Gasteiger partial charge < -0.3 is 0 Å². The monoisotopic (exact) mass is 675 g/mol. The van der Waals surface area contributed by atoms with E-state index in [1.807, 2.05) is 54.6 Å². The highest BCUT2D eigenvalue weighted by atomic mass is 16.7. The third-order valence-corrected chi connectivity index (χ3v) is 10.3. The topological polar surface area (TPSA) is 216 Å². The van der Waals surface area contributed by atoms with Crippen LogP contribution in [0.25, 0.3) is 97.0 Å². The highest BCUT2D eigenvalue weighted by molar-refractivity contribution is 6.56. The standard InChI is InChI=1S/C36H13N5O10/c42-37(43)21-13-20-28-26-18-11-3-6-14-5-1-9-16(22(14)18)24(26)25-17-10-2-7-15-8-4-12-19(23(15)17)27(25)30(28)31-29(20)32(33(21)38(44)45)35(40(48)49)36(41(50)51)34(31)39(46)47/h1-13H. The molecule has 0 aliphatic carbocycles. The molecule has 0 aromatic heterocycles. The van der Waals surface area contributed by atoms with Crippen molar-refractivity contribution >= 4 is 125 Å². The number of benzene rings is 7. The summed E-state index contributed by atoms with van der Waals surface area (Å²) in [5, 5.41) is 70.4. The number of fused-ring (bicyclic) bond motifs is 12. The van der Waals surface area contributed by atoms with Crippen molar-refractivity contribution < 1.29 is 24.6 Å². The minimum atomic E-state index is -1.61. The van der Waals surface area contributed by atoms with Crippen molar-refractivity contribution in [3.63, 3.8) is 0 Å². The fourth-order valence-corrected chi connectivity index (χ4v) is 8.77. The summed E-state index contributed by atoms with van der Waals surface area (Å²) in [4.78, 5) is 57.6. The summed E-state index contributed by atoms with van der Waals surface area (Å²) in [5.74, 6) is 0. The maximum absolute atomic E-state index is 13.1. The molecule has 0 amide bonds. The zero-order valence-corrected chi connectivity index (χ0v) is 25.3. The van der Waals surface area contributed by atoms with E-state index in [0.29, 0.717) is 32.3 Å². The summed E-state index contributed by atoms with van der Waals surface area (Å²) in [6, 6.07) is 23.3. The number of nitrogens with zero attached hydrogens (tertiary/aromatic N) is 5. The van der Waals surface area contributed by atoms with E-state index >= 15 is 0 Å². The van der Waals surface area contributed by atoms with Crippen molar-refractivity contribution in [3.05, 3.63) is 129 Å². The molecule has 0 saturated carbocycles. The molecule has 51 heavy (non-hydrogen) atoms. The second kappa shape index (κ2) is 9.06. The molecule has 10 rings (SSSR count). The van der Waals surface area contributed by atoms with E-state index in [1.54, 1.807) is 18.2 Å². The quantitative estimate of drug-likeness (QED) is 0.124. The van der Waals surface area contributed by atoms with Gasteiger partial charge in [0.15, 0.2) is 5.39 Å². The Balaban J connectivity index is 1.74. The molecule has 0 saturated heterocycles. The molecule has 0 atom stereocenters. The van der Waals surface area contributed by atoms with Crippen molar-refractivity contribution in [2.45, 2.75) is 0 Å². The molecule has 0 spiro atoms. The summed E-state index contributed by atoms with van der Waals surface area (Å²) in [7, 11) is 0. The molecule has 0 heterocycles. The number of nitro benzene ring substituents is 5. The fourth-order valence-electron chi connectivity index (χ4n) is 8.77. The molecule has 242 valence electrons. The molecule has 0 bridgehead atoms. The first kappa shape index (κ1) is 28.3. The van der Waals surface area contributed by atoms with Gasteiger partial charge in [-0.1, -0.05) is 72.8 Å². The zero-order valence-electron chi connectivity index (χ0n) is 25.3. The van der Waals surface area contributed by atoms with Crippen LogP contribution in [0.15, 0.2) is 78.9 Å². The lowest BCUT2D eigenvalue weighted by Crippen LogP contribution is -2.05. The average Bonchev–Trinajstić information content (AvgIpc) is 3.73. The van der Waals surface area contributed by atoms with Crippen LogP contribution >= 0.6 is 0 Å². The number of rotatable bonds is 5. The minimum Gasteiger partial charge on any atom is -0.258 e. The lowest BCUT2D eigenvalue weighted by Gasteiger charge is -2.06. The van der Waals surface area contributed by atoms with E-state index in [1.165, 1.54) is 0 Å². The first-order chi connectivity index (χ1) is 24.5. The van der Waals surface area contributed by atoms with E-state index in [0.717, 1.165) is 38.4 Å². The van der Waals surface area contributed by atoms with Crippen molar-refractivity contribution in [1.82, 2.24) is 0 Å². The molecule has 15 heteroatoms. The van der Waals surface area contributed by atoms with Gasteiger partial charge in [-0.2, -0.15) is 0 Å².